The first kappa shape index (κ1) is 14.0. The van der Waals surface area contributed by atoms with Gasteiger partial charge in [-0.1, -0.05) is 6.07 Å². The molecule has 0 aliphatic rings. The molecular formula is C13H14FNO2S2. The van der Waals surface area contributed by atoms with Crippen molar-refractivity contribution < 1.29 is 12.8 Å². The predicted molar refractivity (Wildman–Crippen MR) is 75.7 cm³/mol. The fourth-order valence-corrected chi connectivity index (χ4v) is 4.35. The van der Waals surface area contributed by atoms with E-state index in [0.29, 0.717) is 5.56 Å². The van der Waals surface area contributed by atoms with E-state index < -0.39 is 15.8 Å². The molecule has 1 aromatic carbocycles. The van der Waals surface area contributed by atoms with Gasteiger partial charge in [-0.3, -0.25) is 4.72 Å². The first-order chi connectivity index (χ1) is 8.79. The van der Waals surface area contributed by atoms with E-state index in [0.717, 1.165) is 9.75 Å². The Hall–Kier alpha value is -1.40. The van der Waals surface area contributed by atoms with Crippen molar-refractivity contribution in [3.8, 4) is 0 Å². The minimum atomic E-state index is -3.66. The van der Waals surface area contributed by atoms with Gasteiger partial charge in [-0.2, -0.15) is 0 Å². The van der Waals surface area contributed by atoms with E-state index in [4.69, 9.17) is 0 Å². The summed E-state index contributed by atoms with van der Waals surface area (Å²) >= 11 is 1.42. The van der Waals surface area contributed by atoms with Gasteiger partial charge < -0.3 is 0 Å². The molecule has 0 bridgehead atoms. The summed E-state index contributed by atoms with van der Waals surface area (Å²) in [5, 5.41) is 0. The lowest BCUT2D eigenvalue weighted by molar-refractivity contribution is 0.601. The van der Waals surface area contributed by atoms with Gasteiger partial charge in [0.25, 0.3) is 10.0 Å². The summed E-state index contributed by atoms with van der Waals surface area (Å²) in [4.78, 5) is 1.89. The molecule has 19 heavy (non-hydrogen) atoms. The molecule has 2 rings (SSSR count). The van der Waals surface area contributed by atoms with Crippen LogP contribution in [-0.2, 0) is 10.0 Å². The smallest absolute Gasteiger partial charge is 0.263 e. The number of aryl methyl sites for hydroxylation is 3. The molecule has 0 unspecified atom stereocenters. The molecule has 0 saturated carbocycles. The number of sulfonamides is 1. The van der Waals surface area contributed by atoms with Gasteiger partial charge in [0.2, 0.25) is 0 Å². The third-order valence-corrected chi connectivity index (χ3v) is 5.31. The number of anilines is 1. The van der Waals surface area contributed by atoms with Gasteiger partial charge in [0, 0.05) is 9.75 Å². The maximum Gasteiger partial charge on any atom is 0.263 e. The van der Waals surface area contributed by atoms with Gasteiger partial charge in [0.1, 0.15) is 10.7 Å². The van der Waals surface area contributed by atoms with Crippen molar-refractivity contribution in [1.82, 2.24) is 0 Å². The Balaban J connectivity index is 2.36. The van der Waals surface area contributed by atoms with Gasteiger partial charge in [0.05, 0.1) is 5.69 Å². The van der Waals surface area contributed by atoms with Crippen LogP contribution in [0.1, 0.15) is 15.3 Å². The molecule has 102 valence electrons. The van der Waals surface area contributed by atoms with E-state index in [9.17, 15) is 12.8 Å². The normalized spacial score (nSPS) is 11.6. The maximum absolute atomic E-state index is 13.4. The summed E-state index contributed by atoms with van der Waals surface area (Å²) in [7, 11) is -3.66. The van der Waals surface area contributed by atoms with Crippen LogP contribution >= 0.6 is 11.3 Å². The van der Waals surface area contributed by atoms with Crippen molar-refractivity contribution in [3.05, 3.63) is 45.4 Å². The zero-order chi connectivity index (χ0) is 14.2. The second kappa shape index (κ2) is 4.94. The molecule has 1 N–H and O–H groups in total. The highest BCUT2D eigenvalue weighted by Crippen LogP contribution is 2.27. The molecule has 0 spiro atoms. The molecule has 0 fully saturated rings. The molecule has 0 saturated heterocycles. The Morgan fingerprint density at radius 3 is 2.37 bits per heavy atom. The van der Waals surface area contributed by atoms with Crippen LogP contribution in [0.25, 0.3) is 0 Å². The second-order valence-electron chi connectivity index (χ2n) is 4.35. The van der Waals surface area contributed by atoms with Crippen molar-refractivity contribution in [2.75, 3.05) is 4.72 Å². The van der Waals surface area contributed by atoms with Crippen LogP contribution in [0.3, 0.4) is 0 Å². The number of halogens is 1. The summed E-state index contributed by atoms with van der Waals surface area (Å²) in [5.41, 5.74) is 0.705. The standard InChI is InChI=1S/C13H14FNO2S2/c1-8-4-5-11(7-12(8)14)15-19(16,17)13-6-9(2)18-10(13)3/h4-7,15H,1-3H3. The zero-order valence-corrected chi connectivity index (χ0v) is 12.5. The number of thiophene rings is 1. The monoisotopic (exact) mass is 299 g/mol. The van der Waals surface area contributed by atoms with Crippen LogP contribution in [-0.4, -0.2) is 8.42 Å². The van der Waals surface area contributed by atoms with Crippen molar-refractivity contribution >= 4 is 27.0 Å². The highest BCUT2D eigenvalue weighted by molar-refractivity contribution is 7.93. The van der Waals surface area contributed by atoms with Crippen molar-refractivity contribution in [2.45, 2.75) is 25.7 Å². The number of benzene rings is 1. The maximum atomic E-state index is 13.4. The SMILES string of the molecule is Cc1cc(S(=O)(=O)Nc2ccc(C)c(F)c2)c(C)s1. The Morgan fingerprint density at radius 2 is 1.84 bits per heavy atom. The molecular weight excluding hydrogens is 285 g/mol. The number of hydrogen-bond donors (Lipinski definition) is 1. The van der Waals surface area contributed by atoms with Gasteiger partial charge in [-0.25, -0.2) is 12.8 Å². The quantitative estimate of drug-likeness (QED) is 0.941. The topological polar surface area (TPSA) is 46.2 Å². The highest BCUT2D eigenvalue weighted by Gasteiger charge is 2.19. The lowest BCUT2D eigenvalue weighted by Crippen LogP contribution is -2.13. The third-order valence-electron chi connectivity index (χ3n) is 2.71. The summed E-state index contributed by atoms with van der Waals surface area (Å²) < 4.78 is 40.2. The van der Waals surface area contributed by atoms with E-state index >= 15 is 0 Å². The number of hydrogen-bond acceptors (Lipinski definition) is 3. The first-order valence-electron chi connectivity index (χ1n) is 5.65. The second-order valence-corrected chi connectivity index (χ2v) is 7.46. The molecule has 3 nitrogen and oxygen atoms in total. The van der Waals surface area contributed by atoms with Crippen molar-refractivity contribution in [1.29, 1.82) is 0 Å². The Kier molecular flexibility index (Phi) is 3.64. The number of nitrogens with one attached hydrogen (secondary N) is 1. The van der Waals surface area contributed by atoms with Gasteiger partial charge >= 0.3 is 0 Å². The van der Waals surface area contributed by atoms with Crippen LogP contribution in [0.15, 0.2) is 29.2 Å². The van der Waals surface area contributed by atoms with Crippen molar-refractivity contribution in [3.63, 3.8) is 0 Å². The molecule has 0 aliphatic carbocycles. The van der Waals surface area contributed by atoms with Crippen LogP contribution < -0.4 is 4.72 Å². The van der Waals surface area contributed by atoms with Gasteiger partial charge in [0.15, 0.2) is 0 Å². The third kappa shape index (κ3) is 2.96. The Morgan fingerprint density at radius 1 is 1.16 bits per heavy atom. The minimum Gasteiger partial charge on any atom is -0.279 e. The fraction of sp³-hybridized carbons (Fsp3) is 0.231. The highest BCUT2D eigenvalue weighted by atomic mass is 32.2. The first-order valence-corrected chi connectivity index (χ1v) is 7.95. The summed E-state index contributed by atoms with van der Waals surface area (Å²) in [6, 6.07) is 5.89. The Labute approximate surface area is 116 Å². The summed E-state index contributed by atoms with van der Waals surface area (Å²) in [5.74, 6) is -0.432. The molecule has 6 heteroatoms. The number of rotatable bonds is 3. The predicted octanol–water partition coefficient (Wildman–Crippen LogP) is 3.61. The largest absolute Gasteiger partial charge is 0.279 e. The molecule has 1 heterocycles. The van der Waals surface area contributed by atoms with E-state index in [1.807, 2.05) is 6.92 Å². The molecule has 1 aromatic heterocycles. The lowest BCUT2D eigenvalue weighted by atomic mass is 10.2. The lowest BCUT2D eigenvalue weighted by Gasteiger charge is -2.08. The molecule has 0 atom stereocenters. The summed E-state index contributed by atoms with van der Waals surface area (Å²) in [6.45, 7) is 5.23. The van der Waals surface area contributed by atoms with Crippen molar-refractivity contribution in [2.24, 2.45) is 0 Å². The van der Waals surface area contributed by atoms with Gasteiger partial charge in [-0.15, -0.1) is 11.3 Å². The molecule has 0 aliphatic heterocycles. The Bertz CT molecular complexity index is 720. The molecule has 0 radical (unpaired) electrons. The van der Waals surface area contributed by atoms with E-state index in [-0.39, 0.29) is 10.6 Å². The average molecular weight is 299 g/mol. The van der Waals surface area contributed by atoms with Crippen LogP contribution in [0.2, 0.25) is 0 Å². The minimum absolute atomic E-state index is 0.228. The van der Waals surface area contributed by atoms with E-state index in [1.54, 1.807) is 32.0 Å². The van der Waals surface area contributed by atoms with Gasteiger partial charge in [-0.05, 0) is 44.5 Å². The van der Waals surface area contributed by atoms with Crippen LogP contribution in [0, 0.1) is 26.6 Å². The fourth-order valence-electron chi connectivity index (χ4n) is 1.74. The van der Waals surface area contributed by atoms with Crippen LogP contribution in [0.5, 0.6) is 0 Å². The van der Waals surface area contributed by atoms with E-state index in [2.05, 4.69) is 4.72 Å². The molecule has 0 amide bonds. The van der Waals surface area contributed by atoms with Crippen LogP contribution in [0.4, 0.5) is 10.1 Å². The molecule has 2 aromatic rings. The average Bonchev–Trinajstić information content (AvgIpc) is 2.63. The summed E-state index contributed by atoms with van der Waals surface area (Å²) in [6.07, 6.45) is 0. The zero-order valence-electron chi connectivity index (χ0n) is 10.8. The van der Waals surface area contributed by atoms with E-state index in [1.165, 1.54) is 17.4 Å².